The van der Waals surface area contributed by atoms with Gasteiger partial charge in [-0.15, -0.1) is 0 Å². The molecular formula is C17H17NO2S2. The highest BCUT2D eigenvalue weighted by Gasteiger charge is 2.31. The van der Waals surface area contributed by atoms with Crippen LogP contribution >= 0.6 is 24.0 Å². The molecule has 0 N–H and O–H groups in total. The number of thiocarbonyl (C=S) groups is 1. The van der Waals surface area contributed by atoms with E-state index in [0.717, 1.165) is 25.9 Å². The lowest BCUT2D eigenvalue weighted by atomic mass is 9.90. The summed E-state index contributed by atoms with van der Waals surface area (Å²) in [7, 11) is 0. The van der Waals surface area contributed by atoms with E-state index in [2.05, 4.69) is 4.90 Å². The summed E-state index contributed by atoms with van der Waals surface area (Å²) in [6.45, 7) is 3.60. The van der Waals surface area contributed by atoms with Crippen LogP contribution in [0.1, 0.15) is 46.9 Å². The number of ketones is 2. The van der Waals surface area contributed by atoms with Gasteiger partial charge in [0.25, 0.3) is 0 Å². The first-order chi connectivity index (χ1) is 10.6. The van der Waals surface area contributed by atoms with Crippen LogP contribution in [0.3, 0.4) is 0 Å². The van der Waals surface area contributed by atoms with Crippen molar-refractivity contribution in [2.45, 2.75) is 26.2 Å². The van der Waals surface area contributed by atoms with Crippen LogP contribution < -0.4 is 0 Å². The van der Waals surface area contributed by atoms with Gasteiger partial charge in [0.05, 0.1) is 4.91 Å². The van der Waals surface area contributed by atoms with Crippen LogP contribution in [0.2, 0.25) is 0 Å². The monoisotopic (exact) mass is 331 g/mol. The number of benzene rings is 1. The number of nitrogens with zero attached hydrogens (tertiary/aromatic N) is 1. The molecule has 114 valence electrons. The zero-order valence-corrected chi connectivity index (χ0v) is 14.1. The molecule has 0 atom stereocenters. The summed E-state index contributed by atoms with van der Waals surface area (Å²) in [5.74, 6) is -0.156. The molecule has 1 aliphatic heterocycles. The molecular weight excluding hydrogens is 314 g/mol. The van der Waals surface area contributed by atoms with E-state index in [1.807, 2.05) is 0 Å². The Morgan fingerprint density at radius 2 is 1.64 bits per heavy atom. The Hall–Kier alpha value is -1.46. The molecule has 1 aromatic carbocycles. The van der Waals surface area contributed by atoms with E-state index in [9.17, 15) is 9.59 Å². The molecule has 0 bridgehead atoms. The Labute approximate surface area is 139 Å². The molecule has 0 unspecified atom stereocenters. The lowest BCUT2D eigenvalue weighted by molar-refractivity contribution is 0.0981. The van der Waals surface area contributed by atoms with Crippen molar-refractivity contribution in [2.75, 3.05) is 13.1 Å². The Balaban J connectivity index is 1.87. The normalized spacial score (nSPS) is 18.5. The summed E-state index contributed by atoms with van der Waals surface area (Å²) >= 11 is 6.77. The molecule has 3 nitrogen and oxygen atoms in total. The summed E-state index contributed by atoms with van der Waals surface area (Å²) in [6, 6.07) is 7.00. The van der Waals surface area contributed by atoms with Crippen molar-refractivity contribution < 1.29 is 9.59 Å². The maximum absolute atomic E-state index is 12.7. The second-order valence-corrected chi connectivity index (χ2v) is 7.22. The molecule has 0 saturated carbocycles. The van der Waals surface area contributed by atoms with Crippen LogP contribution in [-0.4, -0.2) is 33.9 Å². The minimum absolute atomic E-state index is 0.0702. The third kappa shape index (κ3) is 2.75. The van der Waals surface area contributed by atoms with Crippen molar-refractivity contribution in [3.63, 3.8) is 0 Å². The predicted octanol–water partition coefficient (Wildman–Crippen LogP) is 3.84. The highest BCUT2D eigenvalue weighted by atomic mass is 32.2. The third-order valence-electron chi connectivity index (χ3n) is 4.11. The molecule has 0 aromatic heterocycles. The van der Waals surface area contributed by atoms with Gasteiger partial charge in [0.1, 0.15) is 4.32 Å². The van der Waals surface area contributed by atoms with E-state index in [1.165, 1.54) is 18.2 Å². The molecule has 1 aliphatic carbocycles. The Kier molecular flexibility index (Phi) is 4.45. The third-order valence-corrected chi connectivity index (χ3v) is 5.74. The van der Waals surface area contributed by atoms with Gasteiger partial charge in [-0.3, -0.25) is 9.59 Å². The molecule has 2 aliphatic rings. The van der Waals surface area contributed by atoms with E-state index < -0.39 is 0 Å². The van der Waals surface area contributed by atoms with E-state index in [0.29, 0.717) is 25.9 Å². The van der Waals surface area contributed by atoms with E-state index in [1.54, 1.807) is 31.2 Å². The maximum atomic E-state index is 12.7. The molecule has 0 radical (unpaired) electrons. The Morgan fingerprint density at radius 3 is 2.27 bits per heavy atom. The first kappa shape index (κ1) is 15.4. The summed E-state index contributed by atoms with van der Waals surface area (Å²) in [4.78, 5) is 27.8. The van der Waals surface area contributed by atoms with Gasteiger partial charge in [0.15, 0.2) is 5.78 Å². The van der Waals surface area contributed by atoms with E-state index in [4.69, 9.17) is 12.2 Å². The Bertz CT molecular complexity index is 688. The van der Waals surface area contributed by atoms with E-state index in [-0.39, 0.29) is 11.6 Å². The summed E-state index contributed by atoms with van der Waals surface area (Å²) in [5, 5.41) is 0. The number of carbonyl (C=O) groups excluding carboxylic acids is 2. The molecule has 22 heavy (non-hydrogen) atoms. The lowest BCUT2D eigenvalue weighted by Crippen LogP contribution is -2.33. The topological polar surface area (TPSA) is 37.4 Å². The lowest BCUT2D eigenvalue weighted by Gasteiger charge is -2.29. The fourth-order valence-electron chi connectivity index (χ4n) is 2.83. The van der Waals surface area contributed by atoms with Crippen LogP contribution in [0.4, 0.5) is 0 Å². The second-order valence-electron chi connectivity index (χ2n) is 5.57. The van der Waals surface area contributed by atoms with Crippen LogP contribution in [0.15, 0.2) is 34.7 Å². The molecule has 3 rings (SSSR count). The van der Waals surface area contributed by atoms with Gasteiger partial charge < -0.3 is 4.90 Å². The Morgan fingerprint density at radius 1 is 1.05 bits per heavy atom. The van der Waals surface area contributed by atoms with Crippen LogP contribution in [-0.2, 0) is 0 Å². The molecule has 1 saturated heterocycles. The van der Waals surface area contributed by atoms with Gasteiger partial charge in [-0.2, -0.15) is 0 Å². The maximum Gasteiger partial charge on any atom is 0.200 e. The summed E-state index contributed by atoms with van der Waals surface area (Å²) in [6.07, 6.45) is 3.50. The fraction of sp³-hybridized carbons (Fsp3) is 0.353. The SMILES string of the molecule is CC1=C(SC(=S)N2CCCCC2)C(=O)c2ccccc2C1=O. The highest BCUT2D eigenvalue weighted by Crippen LogP contribution is 2.34. The molecule has 1 heterocycles. The number of Topliss-reactive ketones (excluding diaryl/α,β-unsaturated/α-hetero) is 2. The number of hydrogen-bond donors (Lipinski definition) is 0. The highest BCUT2D eigenvalue weighted by molar-refractivity contribution is 8.26. The quantitative estimate of drug-likeness (QED) is 0.731. The number of fused-ring (bicyclic) bond motifs is 1. The van der Waals surface area contributed by atoms with Crippen molar-refractivity contribution in [3.05, 3.63) is 45.9 Å². The molecule has 1 aromatic rings. The minimum atomic E-state index is -0.0861. The first-order valence-electron chi connectivity index (χ1n) is 7.45. The van der Waals surface area contributed by atoms with Crippen molar-refractivity contribution >= 4 is 39.9 Å². The number of piperidine rings is 1. The standard InChI is InChI=1S/C17H17NO2S2/c1-11-14(19)12-7-3-4-8-13(12)15(20)16(11)22-17(21)18-9-5-2-6-10-18/h3-4,7-8H,2,5-6,9-10H2,1H3. The number of hydrogen-bond acceptors (Lipinski definition) is 4. The molecule has 5 heteroatoms. The largest absolute Gasteiger partial charge is 0.357 e. The second kappa shape index (κ2) is 6.34. The van der Waals surface area contributed by atoms with Gasteiger partial charge in [-0.1, -0.05) is 48.2 Å². The van der Waals surface area contributed by atoms with Gasteiger partial charge >= 0.3 is 0 Å². The number of carbonyl (C=O) groups is 2. The van der Waals surface area contributed by atoms with Crippen LogP contribution in [0.25, 0.3) is 0 Å². The molecule has 1 fully saturated rings. The van der Waals surface area contributed by atoms with E-state index >= 15 is 0 Å². The number of allylic oxidation sites excluding steroid dienone is 2. The van der Waals surface area contributed by atoms with Gasteiger partial charge in [0, 0.05) is 29.8 Å². The predicted molar refractivity (Wildman–Crippen MR) is 93.4 cm³/mol. The van der Waals surface area contributed by atoms with Crippen molar-refractivity contribution in [1.29, 1.82) is 0 Å². The minimum Gasteiger partial charge on any atom is -0.357 e. The van der Waals surface area contributed by atoms with Gasteiger partial charge in [-0.25, -0.2) is 0 Å². The van der Waals surface area contributed by atoms with Crippen molar-refractivity contribution in [1.82, 2.24) is 4.90 Å². The van der Waals surface area contributed by atoms with Crippen molar-refractivity contribution in [3.8, 4) is 0 Å². The first-order valence-corrected chi connectivity index (χ1v) is 8.68. The van der Waals surface area contributed by atoms with Gasteiger partial charge in [-0.05, 0) is 26.2 Å². The zero-order valence-electron chi connectivity index (χ0n) is 12.4. The summed E-state index contributed by atoms with van der Waals surface area (Å²) in [5.41, 5.74) is 1.49. The molecule has 0 spiro atoms. The number of thioether (sulfide) groups is 1. The average Bonchev–Trinajstić information content (AvgIpc) is 2.57. The fourth-order valence-corrected chi connectivity index (χ4v) is 4.20. The van der Waals surface area contributed by atoms with Crippen molar-refractivity contribution in [2.24, 2.45) is 0 Å². The average molecular weight is 331 g/mol. The zero-order chi connectivity index (χ0) is 15.7. The smallest absolute Gasteiger partial charge is 0.200 e. The van der Waals surface area contributed by atoms with Crippen LogP contribution in [0.5, 0.6) is 0 Å². The van der Waals surface area contributed by atoms with Gasteiger partial charge in [0.2, 0.25) is 5.78 Å². The number of likely N-dealkylation sites (tertiary alicyclic amines) is 1. The molecule has 0 amide bonds. The van der Waals surface area contributed by atoms with Crippen LogP contribution in [0, 0.1) is 0 Å². The summed E-state index contributed by atoms with van der Waals surface area (Å²) < 4.78 is 0.703. The number of rotatable bonds is 1.